The van der Waals surface area contributed by atoms with Crippen molar-refractivity contribution in [1.29, 1.82) is 0 Å². The summed E-state index contributed by atoms with van der Waals surface area (Å²) in [7, 11) is 3.13. The van der Waals surface area contributed by atoms with Gasteiger partial charge in [0.15, 0.2) is 6.29 Å². The molecule has 0 N–H and O–H groups in total. The van der Waals surface area contributed by atoms with Crippen LogP contribution in [0.2, 0.25) is 0 Å². The highest BCUT2D eigenvalue weighted by Gasteiger charge is 2.34. The molecule has 0 aromatic carbocycles. The van der Waals surface area contributed by atoms with Gasteiger partial charge >= 0.3 is 0 Å². The molecule has 0 aromatic rings. The summed E-state index contributed by atoms with van der Waals surface area (Å²) in [5.41, 5.74) is -0.817. The summed E-state index contributed by atoms with van der Waals surface area (Å²) in [5, 5.41) is 0. The first-order chi connectivity index (χ1) is 6.18. The summed E-state index contributed by atoms with van der Waals surface area (Å²) in [6.07, 6.45) is 6.16. The molecule has 72 valence electrons. The van der Waals surface area contributed by atoms with E-state index >= 15 is 0 Å². The predicted molar refractivity (Wildman–Crippen MR) is 49.2 cm³/mol. The Balaban J connectivity index is 2.92. The zero-order valence-corrected chi connectivity index (χ0v) is 8.11. The Labute approximate surface area is 78.0 Å². The average Bonchev–Trinajstić information content (AvgIpc) is 2.18. The third-order valence-electron chi connectivity index (χ3n) is 2.41. The molecule has 0 spiro atoms. The molecule has 0 saturated carbocycles. The van der Waals surface area contributed by atoms with Crippen molar-refractivity contribution >= 4 is 6.29 Å². The molecule has 1 aliphatic carbocycles. The zero-order chi connectivity index (χ0) is 9.90. The molecule has 3 nitrogen and oxygen atoms in total. The van der Waals surface area contributed by atoms with Crippen molar-refractivity contribution in [3.8, 4) is 0 Å². The Hall–Kier alpha value is -1.09. The molecule has 0 bridgehead atoms. The smallest absolute Gasteiger partial charge is 0.156 e. The van der Waals surface area contributed by atoms with Crippen molar-refractivity contribution in [2.75, 3.05) is 14.2 Å². The highest BCUT2D eigenvalue weighted by atomic mass is 16.5. The summed E-state index contributed by atoms with van der Waals surface area (Å²) < 4.78 is 10.2. The third-order valence-corrected chi connectivity index (χ3v) is 2.41. The van der Waals surface area contributed by atoms with Crippen molar-refractivity contribution in [3.63, 3.8) is 0 Å². The molecule has 0 radical (unpaired) electrons. The minimum absolute atomic E-state index is 0.00468. The molecule has 0 saturated heterocycles. The number of aldehydes is 1. The fourth-order valence-electron chi connectivity index (χ4n) is 1.38. The molecule has 0 aliphatic heterocycles. The Morgan fingerprint density at radius 3 is 2.62 bits per heavy atom. The first-order valence-corrected chi connectivity index (χ1v) is 4.15. The van der Waals surface area contributed by atoms with Gasteiger partial charge < -0.3 is 9.47 Å². The van der Waals surface area contributed by atoms with Crippen molar-refractivity contribution in [1.82, 2.24) is 0 Å². The van der Waals surface area contributed by atoms with E-state index in [1.165, 1.54) is 7.11 Å². The zero-order valence-electron chi connectivity index (χ0n) is 8.11. The van der Waals surface area contributed by atoms with E-state index in [0.29, 0.717) is 0 Å². The molecular weight excluding hydrogens is 168 g/mol. The third kappa shape index (κ3) is 1.65. The number of methoxy groups -OCH3 is 2. The van der Waals surface area contributed by atoms with E-state index in [0.717, 1.165) is 12.0 Å². The topological polar surface area (TPSA) is 35.5 Å². The van der Waals surface area contributed by atoms with E-state index in [4.69, 9.17) is 9.47 Å². The maximum absolute atomic E-state index is 10.9. The van der Waals surface area contributed by atoms with Crippen LogP contribution in [0.4, 0.5) is 0 Å². The van der Waals surface area contributed by atoms with Gasteiger partial charge in [0.25, 0.3) is 0 Å². The number of hydrogen-bond acceptors (Lipinski definition) is 3. The number of allylic oxidation sites excluding steroid dienone is 1. The lowest BCUT2D eigenvalue weighted by Crippen LogP contribution is -2.39. The predicted octanol–water partition coefficient (Wildman–Crippen LogP) is 1.31. The fourth-order valence-corrected chi connectivity index (χ4v) is 1.38. The number of hydrogen-bond donors (Lipinski definition) is 0. The van der Waals surface area contributed by atoms with E-state index in [1.54, 1.807) is 19.3 Å². The van der Waals surface area contributed by atoms with Crippen molar-refractivity contribution in [2.45, 2.75) is 12.5 Å². The monoisotopic (exact) mass is 182 g/mol. The van der Waals surface area contributed by atoms with E-state index in [9.17, 15) is 4.79 Å². The largest absolute Gasteiger partial charge is 0.497 e. The SMILES string of the molecule is COC1=CC(C)C(C=O)(OC)C=C1. The van der Waals surface area contributed by atoms with E-state index in [-0.39, 0.29) is 5.92 Å². The fraction of sp³-hybridized carbons (Fsp3) is 0.500. The van der Waals surface area contributed by atoms with Crippen molar-refractivity contribution in [3.05, 3.63) is 24.0 Å². The molecule has 0 fully saturated rings. The second-order valence-corrected chi connectivity index (χ2v) is 3.07. The second kappa shape index (κ2) is 3.75. The minimum atomic E-state index is -0.817. The molecule has 0 amide bonds. The summed E-state index contributed by atoms with van der Waals surface area (Å²) >= 11 is 0. The average molecular weight is 182 g/mol. The van der Waals surface area contributed by atoms with Gasteiger partial charge in [-0.2, -0.15) is 0 Å². The Morgan fingerprint density at radius 1 is 1.54 bits per heavy atom. The summed E-state index contributed by atoms with van der Waals surface area (Å²) in [6, 6.07) is 0. The highest BCUT2D eigenvalue weighted by molar-refractivity contribution is 5.68. The van der Waals surface area contributed by atoms with Crippen LogP contribution in [0.15, 0.2) is 24.0 Å². The van der Waals surface area contributed by atoms with Gasteiger partial charge in [-0.3, -0.25) is 4.79 Å². The van der Waals surface area contributed by atoms with Crippen molar-refractivity contribution < 1.29 is 14.3 Å². The first-order valence-electron chi connectivity index (χ1n) is 4.15. The van der Waals surface area contributed by atoms with Crippen LogP contribution in [0.1, 0.15) is 6.92 Å². The van der Waals surface area contributed by atoms with E-state index < -0.39 is 5.60 Å². The van der Waals surface area contributed by atoms with Gasteiger partial charge in [-0.25, -0.2) is 0 Å². The number of ether oxygens (including phenoxy) is 2. The molecule has 13 heavy (non-hydrogen) atoms. The number of carbonyl (C=O) groups is 1. The van der Waals surface area contributed by atoms with Crippen LogP contribution in [0.3, 0.4) is 0 Å². The van der Waals surface area contributed by atoms with Gasteiger partial charge in [0, 0.05) is 13.0 Å². The minimum Gasteiger partial charge on any atom is -0.497 e. The lowest BCUT2D eigenvalue weighted by atomic mass is 9.86. The van der Waals surface area contributed by atoms with Gasteiger partial charge in [-0.15, -0.1) is 0 Å². The second-order valence-electron chi connectivity index (χ2n) is 3.07. The Bertz CT molecular complexity index is 255. The lowest BCUT2D eigenvalue weighted by molar-refractivity contribution is -0.125. The van der Waals surface area contributed by atoms with Crippen LogP contribution in [0.5, 0.6) is 0 Å². The molecule has 0 heterocycles. The van der Waals surface area contributed by atoms with Gasteiger partial charge in [-0.05, 0) is 18.2 Å². The van der Waals surface area contributed by atoms with Crippen LogP contribution < -0.4 is 0 Å². The molecule has 1 aliphatic rings. The maximum atomic E-state index is 10.9. The highest BCUT2D eigenvalue weighted by Crippen LogP contribution is 2.28. The van der Waals surface area contributed by atoms with Crippen LogP contribution in [0.25, 0.3) is 0 Å². The lowest BCUT2D eigenvalue weighted by Gasteiger charge is -2.30. The quantitative estimate of drug-likeness (QED) is 0.617. The van der Waals surface area contributed by atoms with Crippen LogP contribution in [-0.4, -0.2) is 26.1 Å². The van der Waals surface area contributed by atoms with Gasteiger partial charge in [0.05, 0.1) is 7.11 Å². The first kappa shape index (κ1) is 9.99. The van der Waals surface area contributed by atoms with E-state index in [2.05, 4.69) is 0 Å². The summed E-state index contributed by atoms with van der Waals surface area (Å²) in [5.74, 6) is 0.761. The molecule has 2 unspecified atom stereocenters. The van der Waals surface area contributed by atoms with Crippen LogP contribution in [-0.2, 0) is 14.3 Å². The molecule has 2 atom stereocenters. The van der Waals surface area contributed by atoms with Crippen LogP contribution >= 0.6 is 0 Å². The van der Waals surface area contributed by atoms with Gasteiger partial charge in [0.1, 0.15) is 11.4 Å². The summed E-state index contributed by atoms with van der Waals surface area (Å²) in [6.45, 7) is 1.92. The van der Waals surface area contributed by atoms with E-state index in [1.807, 2.05) is 13.0 Å². The van der Waals surface area contributed by atoms with Crippen molar-refractivity contribution in [2.24, 2.45) is 5.92 Å². The summed E-state index contributed by atoms with van der Waals surface area (Å²) in [4.78, 5) is 10.9. The molecule has 0 aromatic heterocycles. The van der Waals surface area contributed by atoms with Gasteiger partial charge in [0.2, 0.25) is 0 Å². The standard InChI is InChI=1S/C10H14O3/c1-8-6-9(12-2)4-5-10(8,7-11)13-3/h4-8H,1-3H3. The normalized spacial score (nSPS) is 32.5. The Morgan fingerprint density at radius 2 is 2.23 bits per heavy atom. The van der Waals surface area contributed by atoms with Gasteiger partial charge in [-0.1, -0.05) is 6.92 Å². The Kier molecular flexibility index (Phi) is 2.88. The number of rotatable bonds is 3. The molecular formula is C10H14O3. The maximum Gasteiger partial charge on any atom is 0.156 e. The molecule has 3 heteroatoms. The van der Waals surface area contributed by atoms with Crippen LogP contribution in [0, 0.1) is 5.92 Å². The number of carbonyl (C=O) groups excluding carboxylic acids is 1. The molecule has 1 rings (SSSR count).